The number of carboxylic acids is 2. The number of carbonyl (C=O) groups is 3. The van der Waals surface area contributed by atoms with Crippen molar-refractivity contribution < 1.29 is 50.9 Å². The molecule has 180 valence electrons. The molecule has 0 bridgehead atoms. The van der Waals surface area contributed by atoms with Crippen LogP contribution in [-0.4, -0.2) is 90.0 Å². The first-order chi connectivity index (χ1) is 14.1. The van der Waals surface area contributed by atoms with Crippen molar-refractivity contribution in [1.29, 1.82) is 0 Å². The molecule has 1 rings (SSSR count). The Balaban J connectivity index is 0. The van der Waals surface area contributed by atoms with Crippen LogP contribution in [0.5, 0.6) is 0 Å². The lowest BCUT2D eigenvalue weighted by Gasteiger charge is -2.13. The van der Waals surface area contributed by atoms with Gasteiger partial charge in [-0.1, -0.05) is 11.8 Å². The standard InChI is InChI=1S/C13H23N3O.2C2HF3O2/c1-15(13(17)7-6-8-14)9-2-3-10-16-11-4-5-12-16;2*3-2(4,5)1(6)7/h4-12,14H2,1H3;2*(H,6,7). The maximum atomic E-state index is 11.5. The summed E-state index contributed by atoms with van der Waals surface area (Å²) in [6.45, 7) is 4.27. The maximum Gasteiger partial charge on any atom is 0.490 e. The fourth-order valence-electron chi connectivity index (χ4n) is 1.82. The van der Waals surface area contributed by atoms with Gasteiger partial charge >= 0.3 is 24.3 Å². The third-order valence-electron chi connectivity index (χ3n) is 3.45. The van der Waals surface area contributed by atoms with Crippen LogP contribution < -0.4 is 5.73 Å². The zero-order valence-electron chi connectivity index (χ0n) is 16.7. The summed E-state index contributed by atoms with van der Waals surface area (Å²) in [5.74, 6) is 0.795. The molecule has 1 aliphatic heterocycles. The molecule has 0 aliphatic carbocycles. The van der Waals surface area contributed by atoms with E-state index >= 15 is 0 Å². The van der Waals surface area contributed by atoms with Crippen molar-refractivity contribution in [2.75, 3.05) is 39.8 Å². The molecule has 14 heteroatoms. The normalized spacial score (nSPS) is 13.5. The number of rotatable bonds is 5. The van der Waals surface area contributed by atoms with E-state index in [9.17, 15) is 31.1 Å². The zero-order valence-corrected chi connectivity index (χ0v) is 16.7. The molecule has 1 saturated heterocycles. The van der Waals surface area contributed by atoms with Gasteiger partial charge in [-0.15, -0.1) is 0 Å². The number of hydrogen-bond acceptors (Lipinski definition) is 5. The molecule has 1 fully saturated rings. The molecule has 0 aromatic rings. The molecule has 0 aromatic carbocycles. The summed E-state index contributed by atoms with van der Waals surface area (Å²) in [7, 11) is 1.80. The minimum absolute atomic E-state index is 0.130. The summed E-state index contributed by atoms with van der Waals surface area (Å²) < 4.78 is 63.5. The van der Waals surface area contributed by atoms with Crippen LogP contribution in [-0.2, 0) is 14.4 Å². The van der Waals surface area contributed by atoms with Gasteiger partial charge in [-0.25, -0.2) is 9.59 Å². The molecule has 1 aliphatic rings. The topological polar surface area (TPSA) is 124 Å². The van der Waals surface area contributed by atoms with Crippen LogP contribution in [0.25, 0.3) is 0 Å². The summed E-state index contributed by atoms with van der Waals surface area (Å²) in [6, 6.07) is 0. The molecule has 8 nitrogen and oxygen atoms in total. The van der Waals surface area contributed by atoms with E-state index in [-0.39, 0.29) is 5.91 Å². The average molecular weight is 465 g/mol. The lowest BCUT2D eigenvalue weighted by molar-refractivity contribution is -0.193. The molecular formula is C17H25F6N3O5. The molecule has 4 N–H and O–H groups in total. The summed E-state index contributed by atoms with van der Waals surface area (Å²) in [5, 5.41) is 14.2. The Morgan fingerprint density at radius 1 is 0.968 bits per heavy atom. The molecule has 1 heterocycles. The van der Waals surface area contributed by atoms with Crippen LogP contribution >= 0.6 is 0 Å². The van der Waals surface area contributed by atoms with Gasteiger partial charge in [0.05, 0.1) is 13.1 Å². The van der Waals surface area contributed by atoms with Gasteiger partial charge in [-0.2, -0.15) is 26.3 Å². The molecule has 1 amide bonds. The monoisotopic (exact) mass is 465 g/mol. The summed E-state index contributed by atoms with van der Waals surface area (Å²) in [6.07, 6.45) is -6.30. The highest BCUT2D eigenvalue weighted by molar-refractivity contribution is 5.76. The van der Waals surface area contributed by atoms with Gasteiger partial charge < -0.3 is 20.8 Å². The first-order valence-corrected chi connectivity index (χ1v) is 8.85. The lowest BCUT2D eigenvalue weighted by atomic mass is 10.3. The Hall–Kier alpha value is -2.53. The van der Waals surface area contributed by atoms with E-state index in [1.54, 1.807) is 11.9 Å². The predicted octanol–water partition coefficient (Wildman–Crippen LogP) is 1.55. The van der Waals surface area contributed by atoms with E-state index in [4.69, 9.17) is 25.5 Å². The van der Waals surface area contributed by atoms with Crippen molar-refractivity contribution in [3.63, 3.8) is 0 Å². The SMILES string of the molecule is CN(CC#CCN1CCCC1)C(=O)CCCN.O=C(O)C(F)(F)F.O=C(O)C(F)(F)F. The summed E-state index contributed by atoms with van der Waals surface area (Å²) >= 11 is 0. The largest absolute Gasteiger partial charge is 0.490 e. The Labute approximate surface area is 175 Å². The third-order valence-corrected chi connectivity index (χ3v) is 3.45. The van der Waals surface area contributed by atoms with Gasteiger partial charge in [-0.3, -0.25) is 9.69 Å². The quantitative estimate of drug-likeness (QED) is 0.416. The number of carbonyl (C=O) groups excluding carboxylic acids is 1. The highest BCUT2D eigenvalue weighted by atomic mass is 19.4. The lowest BCUT2D eigenvalue weighted by Crippen LogP contribution is -2.27. The number of aliphatic carboxylic acids is 2. The molecule has 0 saturated carbocycles. The van der Waals surface area contributed by atoms with E-state index < -0.39 is 24.3 Å². The predicted molar refractivity (Wildman–Crippen MR) is 96.8 cm³/mol. The molecule has 0 aromatic heterocycles. The van der Waals surface area contributed by atoms with Crippen molar-refractivity contribution >= 4 is 17.8 Å². The van der Waals surface area contributed by atoms with E-state index in [2.05, 4.69) is 16.7 Å². The molecule has 0 radical (unpaired) electrons. The third kappa shape index (κ3) is 18.0. The van der Waals surface area contributed by atoms with Crippen molar-refractivity contribution in [2.24, 2.45) is 5.73 Å². The first-order valence-electron chi connectivity index (χ1n) is 8.85. The highest BCUT2D eigenvalue weighted by Gasteiger charge is 2.38. The smallest absolute Gasteiger partial charge is 0.475 e. The van der Waals surface area contributed by atoms with E-state index in [1.165, 1.54) is 25.9 Å². The number of alkyl halides is 6. The van der Waals surface area contributed by atoms with Crippen LogP contribution in [0.3, 0.4) is 0 Å². The molecular weight excluding hydrogens is 440 g/mol. The number of hydrogen-bond donors (Lipinski definition) is 3. The fourth-order valence-corrected chi connectivity index (χ4v) is 1.82. The van der Waals surface area contributed by atoms with Gasteiger partial charge in [0.2, 0.25) is 5.91 Å². The first kappa shape index (κ1) is 30.7. The average Bonchev–Trinajstić information content (AvgIpc) is 3.16. The number of amides is 1. The summed E-state index contributed by atoms with van der Waals surface area (Å²) in [4.78, 5) is 33.4. The second-order valence-electron chi connectivity index (χ2n) is 6.08. The number of nitrogens with two attached hydrogens (primary N) is 1. The van der Waals surface area contributed by atoms with Crippen molar-refractivity contribution in [2.45, 2.75) is 38.0 Å². The number of halogens is 6. The van der Waals surface area contributed by atoms with E-state index in [0.29, 0.717) is 19.5 Å². The molecule has 0 unspecified atom stereocenters. The van der Waals surface area contributed by atoms with Crippen molar-refractivity contribution in [3.8, 4) is 11.8 Å². The van der Waals surface area contributed by atoms with Crippen molar-refractivity contribution in [3.05, 3.63) is 0 Å². The van der Waals surface area contributed by atoms with Gasteiger partial charge in [0.1, 0.15) is 0 Å². The number of likely N-dealkylation sites (tertiary alicyclic amines) is 1. The molecule has 31 heavy (non-hydrogen) atoms. The Morgan fingerprint density at radius 2 is 1.39 bits per heavy atom. The zero-order chi connectivity index (χ0) is 24.7. The van der Waals surface area contributed by atoms with Gasteiger partial charge in [0, 0.05) is 13.5 Å². The van der Waals surface area contributed by atoms with Crippen LogP contribution in [0, 0.1) is 11.8 Å². The molecule has 0 spiro atoms. The fraction of sp³-hybridized carbons (Fsp3) is 0.706. The van der Waals surface area contributed by atoms with Crippen molar-refractivity contribution in [1.82, 2.24) is 9.80 Å². The molecule has 0 atom stereocenters. The maximum absolute atomic E-state index is 11.5. The van der Waals surface area contributed by atoms with Gasteiger partial charge in [-0.05, 0) is 38.9 Å². The second-order valence-corrected chi connectivity index (χ2v) is 6.08. The van der Waals surface area contributed by atoms with Crippen LogP contribution in [0.4, 0.5) is 26.3 Å². The number of nitrogens with zero attached hydrogens (tertiary/aromatic N) is 2. The van der Waals surface area contributed by atoms with Gasteiger partial charge in [0.15, 0.2) is 0 Å². The van der Waals surface area contributed by atoms with E-state index in [1.807, 2.05) is 0 Å². The van der Waals surface area contributed by atoms with Crippen LogP contribution in [0.2, 0.25) is 0 Å². The van der Waals surface area contributed by atoms with Crippen LogP contribution in [0.1, 0.15) is 25.7 Å². The van der Waals surface area contributed by atoms with Crippen LogP contribution in [0.15, 0.2) is 0 Å². The second kappa shape index (κ2) is 15.3. The Morgan fingerprint density at radius 3 is 1.74 bits per heavy atom. The summed E-state index contributed by atoms with van der Waals surface area (Å²) in [5.41, 5.74) is 5.36. The minimum atomic E-state index is -5.08. The number of carboxylic acid groups (broad SMARTS) is 2. The Kier molecular flexibility index (Phi) is 15.1. The minimum Gasteiger partial charge on any atom is -0.475 e. The van der Waals surface area contributed by atoms with E-state index in [0.717, 1.165) is 13.0 Å². The Bertz CT molecular complexity index is 598. The van der Waals surface area contributed by atoms with Gasteiger partial charge in [0.25, 0.3) is 0 Å². The highest BCUT2D eigenvalue weighted by Crippen LogP contribution is 2.13.